The zero-order valence-electron chi connectivity index (χ0n) is 11.0. The van der Waals surface area contributed by atoms with E-state index in [9.17, 15) is 13.2 Å². The van der Waals surface area contributed by atoms with Gasteiger partial charge in [-0.05, 0) is 12.8 Å². The number of nitrogens with one attached hydrogen (secondary N) is 1. The molecule has 0 amide bonds. The topological polar surface area (TPSA) is 41.3 Å². The third-order valence-corrected chi connectivity index (χ3v) is 2.81. The molecule has 0 spiro atoms. The van der Waals surface area contributed by atoms with Crippen molar-refractivity contribution in [1.82, 2.24) is 10.3 Å². The van der Waals surface area contributed by atoms with Gasteiger partial charge in [-0.1, -0.05) is 13.8 Å². The lowest BCUT2D eigenvalue weighted by Gasteiger charge is -2.21. The molecule has 0 aliphatic heterocycles. The fourth-order valence-electron chi connectivity index (χ4n) is 1.75. The number of aromatic nitrogens is 1. The van der Waals surface area contributed by atoms with Crippen molar-refractivity contribution in [1.29, 1.82) is 0 Å². The van der Waals surface area contributed by atoms with Crippen LogP contribution in [-0.4, -0.2) is 29.8 Å². The van der Waals surface area contributed by atoms with Crippen LogP contribution in [0.15, 0.2) is 10.7 Å². The standard InChI is InChI=1S/C12H18F3N3O/c1-8(2)16-5-9-6-19-11(17-9)18(10-3-4-10)7-12(13,14)15/h6,8,10,16H,3-5,7H2,1-2H3. The number of alkyl halides is 3. The van der Waals surface area contributed by atoms with Crippen molar-refractivity contribution >= 4 is 6.01 Å². The maximum absolute atomic E-state index is 12.5. The van der Waals surface area contributed by atoms with E-state index in [1.807, 2.05) is 13.8 Å². The number of hydrogen-bond donors (Lipinski definition) is 1. The van der Waals surface area contributed by atoms with Crippen LogP contribution >= 0.6 is 0 Å². The molecule has 0 atom stereocenters. The summed E-state index contributed by atoms with van der Waals surface area (Å²) in [4.78, 5) is 5.33. The van der Waals surface area contributed by atoms with Crippen LogP contribution in [-0.2, 0) is 6.54 Å². The van der Waals surface area contributed by atoms with Crippen LogP contribution < -0.4 is 10.2 Å². The second-order valence-corrected chi connectivity index (χ2v) is 5.13. The van der Waals surface area contributed by atoms with Gasteiger partial charge < -0.3 is 14.6 Å². The number of rotatable bonds is 6. The summed E-state index contributed by atoms with van der Waals surface area (Å²) in [6, 6.07) is 0.265. The van der Waals surface area contributed by atoms with Gasteiger partial charge in [0.05, 0.1) is 5.69 Å². The van der Waals surface area contributed by atoms with E-state index in [4.69, 9.17) is 4.42 Å². The fourth-order valence-corrected chi connectivity index (χ4v) is 1.75. The summed E-state index contributed by atoms with van der Waals surface area (Å²) in [7, 11) is 0. The predicted octanol–water partition coefficient (Wildman–Crippen LogP) is 2.70. The fraction of sp³-hybridized carbons (Fsp3) is 0.750. The average Bonchev–Trinajstić information content (AvgIpc) is 3.01. The molecule has 19 heavy (non-hydrogen) atoms. The number of oxazole rings is 1. The van der Waals surface area contributed by atoms with Gasteiger partial charge in [-0.15, -0.1) is 0 Å². The number of anilines is 1. The Morgan fingerprint density at radius 1 is 1.47 bits per heavy atom. The van der Waals surface area contributed by atoms with Crippen molar-refractivity contribution in [2.75, 3.05) is 11.4 Å². The number of nitrogens with zero attached hydrogens (tertiary/aromatic N) is 2. The van der Waals surface area contributed by atoms with E-state index in [0.29, 0.717) is 12.2 Å². The summed E-state index contributed by atoms with van der Waals surface area (Å²) in [6.07, 6.45) is -1.31. The molecule has 0 radical (unpaired) electrons. The Morgan fingerprint density at radius 2 is 2.16 bits per heavy atom. The largest absolute Gasteiger partial charge is 0.432 e. The minimum absolute atomic E-state index is 0.0698. The second kappa shape index (κ2) is 5.40. The molecule has 1 aliphatic rings. The Hall–Kier alpha value is -1.24. The highest BCUT2D eigenvalue weighted by atomic mass is 19.4. The SMILES string of the molecule is CC(C)NCc1coc(N(CC(F)(F)F)C2CC2)n1. The molecule has 0 unspecified atom stereocenters. The van der Waals surface area contributed by atoms with Gasteiger partial charge in [-0.3, -0.25) is 0 Å². The van der Waals surface area contributed by atoms with Crippen LogP contribution in [0.25, 0.3) is 0 Å². The highest BCUT2D eigenvalue weighted by Gasteiger charge is 2.40. The molecule has 1 heterocycles. The smallest absolute Gasteiger partial charge is 0.406 e. The van der Waals surface area contributed by atoms with Gasteiger partial charge in [0.2, 0.25) is 0 Å². The summed E-state index contributed by atoms with van der Waals surface area (Å²) in [6.45, 7) is 3.46. The molecule has 1 saturated carbocycles. The summed E-state index contributed by atoms with van der Waals surface area (Å²) >= 11 is 0. The van der Waals surface area contributed by atoms with Gasteiger partial charge in [0.15, 0.2) is 0 Å². The Labute approximate surface area is 110 Å². The lowest BCUT2D eigenvalue weighted by molar-refractivity contribution is -0.120. The molecule has 0 aromatic carbocycles. The van der Waals surface area contributed by atoms with Gasteiger partial charge in [0.25, 0.3) is 6.01 Å². The summed E-state index contributed by atoms with van der Waals surface area (Å²) < 4.78 is 42.7. The Bertz CT molecular complexity index is 413. The Morgan fingerprint density at radius 3 is 2.68 bits per heavy atom. The van der Waals surface area contributed by atoms with E-state index >= 15 is 0 Å². The highest BCUT2D eigenvalue weighted by Crippen LogP contribution is 2.33. The van der Waals surface area contributed by atoms with E-state index in [2.05, 4.69) is 10.3 Å². The summed E-state index contributed by atoms with van der Waals surface area (Å²) in [5, 5.41) is 3.14. The number of hydrogen-bond acceptors (Lipinski definition) is 4. The van der Waals surface area contributed by atoms with Crippen molar-refractivity contribution in [3.8, 4) is 0 Å². The van der Waals surface area contributed by atoms with Crippen molar-refractivity contribution in [2.24, 2.45) is 0 Å². The highest BCUT2D eigenvalue weighted by molar-refractivity contribution is 5.32. The lowest BCUT2D eigenvalue weighted by Crippen LogP contribution is -2.36. The normalized spacial score (nSPS) is 16.1. The van der Waals surface area contributed by atoms with Crippen molar-refractivity contribution < 1.29 is 17.6 Å². The number of halogens is 3. The minimum Gasteiger partial charge on any atom is -0.432 e. The molecule has 108 valence electrons. The Balaban J connectivity index is 2.01. The van der Waals surface area contributed by atoms with E-state index in [-0.39, 0.29) is 18.1 Å². The van der Waals surface area contributed by atoms with Crippen molar-refractivity contribution in [3.63, 3.8) is 0 Å². The molecule has 2 rings (SSSR count). The van der Waals surface area contributed by atoms with Gasteiger partial charge in [-0.2, -0.15) is 18.2 Å². The van der Waals surface area contributed by atoms with Gasteiger partial charge >= 0.3 is 6.18 Å². The zero-order valence-corrected chi connectivity index (χ0v) is 11.0. The molecule has 0 bridgehead atoms. The van der Waals surface area contributed by atoms with E-state index in [1.165, 1.54) is 11.2 Å². The maximum Gasteiger partial charge on any atom is 0.406 e. The minimum atomic E-state index is -4.24. The van der Waals surface area contributed by atoms with Gasteiger partial charge in [0.1, 0.15) is 12.8 Å². The molecular weight excluding hydrogens is 259 g/mol. The zero-order chi connectivity index (χ0) is 14.0. The van der Waals surface area contributed by atoms with E-state index in [1.54, 1.807) is 0 Å². The molecule has 1 fully saturated rings. The third kappa shape index (κ3) is 4.41. The van der Waals surface area contributed by atoms with Crippen LogP contribution in [0, 0.1) is 0 Å². The van der Waals surface area contributed by atoms with E-state index in [0.717, 1.165) is 12.8 Å². The second-order valence-electron chi connectivity index (χ2n) is 5.13. The monoisotopic (exact) mass is 277 g/mol. The van der Waals surface area contributed by atoms with Crippen LogP contribution in [0.5, 0.6) is 0 Å². The summed E-state index contributed by atoms with van der Waals surface area (Å²) in [5.74, 6) is 0. The molecule has 7 heteroatoms. The molecule has 1 N–H and O–H groups in total. The lowest BCUT2D eigenvalue weighted by atomic mass is 10.4. The first kappa shape index (κ1) is 14.2. The molecule has 1 aliphatic carbocycles. The Kier molecular flexibility index (Phi) is 4.03. The maximum atomic E-state index is 12.5. The first-order chi connectivity index (χ1) is 8.85. The molecule has 4 nitrogen and oxygen atoms in total. The van der Waals surface area contributed by atoms with E-state index < -0.39 is 12.7 Å². The average molecular weight is 277 g/mol. The van der Waals surface area contributed by atoms with Gasteiger partial charge in [0, 0.05) is 18.6 Å². The van der Waals surface area contributed by atoms with Crippen LogP contribution in [0.1, 0.15) is 32.4 Å². The quantitative estimate of drug-likeness (QED) is 0.868. The first-order valence-electron chi connectivity index (χ1n) is 6.36. The summed E-state index contributed by atoms with van der Waals surface area (Å²) in [5.41, 5.74) is 0.622. The molecule has 0 saturated heterocycles. The van der Waals surface area contributed by atoms with Gasteiger partial charge in [-0.25, -0.2) is 0 Å². The third-order valence-electron chi connectivity index (χ3n) is 2.81. The van der Waals surface area contributed by atoms with Crippen LogP contribution in [0.2, 0.25) is 0 Å². The first-order valence-corrected chi connectivity index (χ1v) is 6.36. The van der Waals surface area contributed by atoms with Crippen LogP contribution in [0.4, 0.5) is 19.2 Å². The molecule has 1 aromatic rings. The van der Waals surface area contributed by atoms with Crippen molar-refractivity contribution in [3.05, 3.63) is 12.0 Å². The molecular formula is C12H18F3N3O. The van der Waals surface area contributed by atoms with Crippen LogP contribution in [0.3, 0.4) is 0 Å². The predicted molar refractivity (Wildman–Crippen MR) is 64.9 cm³/mol. The molecule has 1 aromatic heterocycles. The van der Waals surface area contributed by atoms with Crippen molar-refractivity contribution in [2.45, 2.75) is 51.5 Å².